The van der Waals surface area contributed by atoms with Gasteiger partial charge in [-0.3, -0.25) is 19.2 Å². The highest BCUT2D eigenvalue weighted by Gasteiger charge is 2.34. The molecule has 1 heterocycles. The Morgan fingerprint density at radius 2 is 2.17 bits per heavy atom. The van der Waals surface area contributed by atoms with E-state index in [0.29, 0.717) is 18.0 Å². The fourth-order valence-corrected chi connectivity index (χ4v) is 2.90. The van der Waals surface area contributed by atoms with Crippen LogP contribution in [-0.2, 0) is 11.3 Å². The van der Waals surface area contributed by atoms with E-state index in [4.69, 9.17) is 5.11 Å². The Kier molecular flexibility index (Phi) is 5.76. The number of carbonyl (C=O) groups is 2. The molecule has 0 bridgehead atoms. The molecule has 1 fully saturated rings. The average molecular weight is 322 g/mol. The van der Waals surface area contributed by atoms with Crippen LogP contribution in [0.4, 0.5) is 0 Å². The summed E-state index contributed by atoms with van der Waals surface area (Å²) in [6, 6.07) is 0.355. The van der Waals surface area contributed by atoms with Crippen LogP contribution in [0.1, 0.15) is 44.0 Å². The summed E-state index contributed by atoms with van der Waals surface area (Å²) in [6.07, 6.45) is 4.96. The molecule has 2 N–H and O–H groups in total. The van der Waals surface area contributed by atoms with Crippen LogP contribution in [0.15, 0.2) is 12.4 Å². The van der Waals surface area contributed by atoms with Gasteiger partial charge in [-0.25, -0.2) is 0 Å². The lowest BCUT2D eigenvalue weighted by Gasteiger charge is -2.42. The van der Waals surface area contributed by atoms with E-state index < -0.39 is 5.97 Å². The van der Waals surface area contributed by atoms with E-state index in [9.17, 15) is 9.59 Å². The van der Waals surface area contributed by atoms with Crippen molar-refractivity contribution >= 4 is 11.9 Å². The number of rotatable bonds is 8. The Morgan fingerprint density at radius 1 is 1.48 bits per heavy atom. The largest absolute Gasteiger partial charge is 0.480 e. The summed E-state index contributed by atoms with van der Waals surface area (Å²) in [5.74, 6) is -0.436. The number of aromatic nitrogens is 2. The molecule has 0 aromatic carbocycles. The second kappa shape index (κ2) is 7.59. The molecular weight excluding hydrogens is 296 g/mol. The molecule has 1 aliphatic rings. The van der Waals surface area contributed by atoms with Crippen LogP contribution in [-0.4, -0.2) is 56.8 Å². The molecule has 0 spiro atoms. The topological polar surface area (TPSA) is 87.5 Å². The Bertz CT molecular complexity index is 549. The number of hydrogen-bond donors (Lipinski definition) is 2. The lowest BCUT2D eigenvalue weighted by Crippen LogP contribution is -2.54. The second-order valence-corrected chi connectivity index (χ2v) is 6.60. The van der Waals surface area contributed by atoms with E-state index in [1.54, 1.807) is 17.1 Å². The van der Waals surface area contributed by atoms with Gasteiger partial charge >= 0.3 is 5.97 Å². The van der Waals surface area contributed by atoms with Crippen LogP contribution in [0.3, 0.4) is 0 Å². The molecule has 2 rings (SSSR count). The van der Waals surface area contributed by atoms with Gasteiger partial charge in [-0.05, 0) is 25.3 Å². The summed E-state index contributed by atoms with van der Waals surface area (Å²) < 4.78 is 1.79. The van der Waals surface area contributed by atoms with Crippen LogP contribution in [0.25, 0.3) is 0 Å². The van der Waals surface area contributed by atoms with Crippen LogP contribution >= 0.6 is 0 Å². The van der Waals surface area contributed by atoms with Gasteiger partial charge in [0.2, 0.25) is 0 Å². The van der Waals surface area contributed by atoms with Crippen molar-refractivity contribution in [3.63, 3.8) is 0 Å². The maximum atomic E-state index is 12.2. The quantitative estimate of drug-likeness (QED) is 0.751. The Labute approximate surface area is 136 Å². The van der Waals surface area contributed by atoms with Gasteiger partial charge < -0.3 is 10.4 Å². The zero-order valence-corrected chi connectivity index (χ0v) is 14.0. The first-order valence-corrected chi connectivity index (χ1v) is 8.18. The number of carbonyl (C=O) groups excluding carboxylic acids is 1. The third-order valence-corrected chi connectivity index (χ3v) is 4.16. The molecule has 1 aromatic rings. The highest BCUT2D eigenvalue weighted by Crippen LogP contribution is 2.25. The molecule has 1 saturated carbocycles. The number of aliphatic carboxylic acids is 1. The minimum absolute atomic E-state index is 0.0593. The number of nitrogens with one attached hydrogen (secondary N) is 1. The molecule has 7 nitrogen and oxygen atoms in total. The van der Waals surface area contributed by atoms with Gasteiger partial charge in [0.25, 0.3) is 5.91 Å². The number of carboxylic acids is 1. The predicted octanol–water partition coefficient (Wildman–Crippen LogP) is 1.21. The number of amides is 1. The summed E-state index contributed by atoms with van der Waals surface area (Å²) in [7, 11) is 0. The second-order valence-electron chi connectivity index (χ2n) is 6.60. The first-order chi connectivity index (χ1) is 10.9. The molecule has 0 radical (unpaired) electrons. The van der Waals surface area contributed by atoms with Gasteiger partial charge in [0, 0.05) is 24.8 Å². The summed E-state index contributed by atoms with van der Waals surface area (Å²) >= 11 is 0. The van der Waals surface area contributed by atoms with Crippen molar-refractivity contribution in [3.05, 3.63) is 18.0 Å². The first kappa shape index (κ1) is 17.5. The number of carboxylic acid groups (broad SMARTS) is 1. The van der Waals surface area contributed by atoms with Crippen molar-refractivity contribution in [2.45, 2.75) is 52.2 Å². The zero-order valence-electron chi connectivity index (χ0n) is 14.0. The van der Waals surface area contributed by atoms with Crippen molar-refractivity contribution < 1.29 is 14.7 Å². The van der Waals surface area contributed by atoms with Gasteiger partial charge in [-0.2, -0.15) is 5.10 Å². The third-order valence-electron chi connectivity index (χ3n) is 4.16. The molecule has 128 valence electrons. The number of nitrogens with zero attached hydrogens (tertiary/aromatic N) is 3. The number of likely N-dealkylation sites (N-methyl/N-ethyl adjacent to an activating group) is 1. The molecule has 1 aromatic heterocycles. The van der Waals surface area contributed by atoms with Crippen molar-refractivity contribution in [2.24, 2.45) is 5.92 Å². The van der Waals surface area contributed by atoms with E-state index in [1.807, 2.05) is 11.8 Å². The van der Waals surface area contributed by atoms with Gasteiger partial charge in [0.1, 0.15) is 0 Å². The summed E-state index contributed by atoms with van der Waals surface area (Å²) in [4.78, 5) is 25.0. The molecule has 0 unspecified atom stereocenters. The van der Waals surface area contributed by atoms with Crippen LogP contribution < -0.4 is 5.32 Å². The van der Waals surface area contributed by atoms with Gasteiger partial charge in [0.15, 0.2) is 0 Å². The standard InChI is InChI=1S/C16H26N4O3/c1-4-19(10-15(21)22)14-5-13(6-14)18-16(23)12-7-17-20(9-12)8-11(2)3/h7,9,11,13-14H,4-6,8,10H2,1-3H3,(H,18,23)(H,21,22). The molecule has 23 heavy (non-hydrogen) atoms. The monoisotopic (exact) mass is 322 g/mol. The highest BCUT2D eigenvalue weighted by molar-refractivity contribution is 5.93. The summed E-state index contributed by atoms with van der Waals surface area (Å²) in [6.45, 7) is 7.72. The van der Waals surface area contributed by atoms with E-state index >= 15 is 0 Å². The van der Waals surface area contributed by atoms with Crippen molar-refractivity contribution in [1.82, 2.24) is 20.0 Å². The smallest absolute Gasteiger partial charge is 0.317 e. The Morgan fingerprint density at radius 3 is 2.74 bits per heavy atom. The minimum Gasteiger partial charge on any atom is -0.480 e. The minimum atomic E-state index is -0.808. The first-order valence-electron chi connectivity index (χ1n) is 8.18. The highest BCUT2D eigenvalue weighted by atomic mass is 16.4. The molecule has 0 atom stereocenters. The zero-order chi connectivity index (χ0) is 17.0. The Hall–Kier alpha value is -1.89. The van der Waals surface area contributed by atoms with Crippen LogP contribution in [0.5, 0.6) is 0 Å². The van der Waals surface area contributed by atoms with E-state index in [0.717, 1.165) is 19.4 Å². The third kappa shape index (κ3) is 4.79. The molecule has 7 heteroatoms. The van der Waals surface area contributed by atoms with Gasteiger partial charge in [-0.15, -0.1) is 0 Å². The molecule has 1 amide bonds. The lowest BCUT2D eigenvalue weighted by molar-refractivity contribution is -0.139. The van der Waals surface area contributed by atoms with Crippen molar-refractivity contribution in [2.75, 3.05) is 13.1 Å². The van der Waals surface area contributed by atoms with E-state index in [2.05, 4.69) is 24.3 Å². The maximum Gasteiger partial charge on any atom is 0.317 e. The van der Waals surface area contributed by atoms with Crippen LogP contribution in [0, 0.1) is 5.92 Å². The fraction of sp³-hybridized carbons (Fsp3) is 0.688. The Balaban J connectivity index is 1.79. The predicted molar refractivity (Wildman–Crippen MR) is 86.2 cm³/mol. The van der Waals surface area contributed by atoms with Crippen LogP contribution in [0.2, 0.25) is 0 Å². The van der Waals surface area contributed by atoms with E-state index in [1.165, 1.54) is 0 Å². The SMILES string of the molecule is CCN(CC(=O)O)C1CC(NC(=O)c2cnn(CC(C)C)c2)C1. The molecule has 0 saturated heterocycles. The lowest BCUT2D eigenvalue weighted by atomic mass is 9.85. The van der Waals surface area contributed by atoms with Crippen molar-refractivity contribution in [1.29, 1.82) is 0 Å². The molecule has 1 aliphatic carbocycles. The fourth-order valence-electron chi connectivity index (χ4n) is 2.90. The maximum absolute atomic E-state index is 12.2. The molecular formula is C16H26N4O3. The number of hydrogen-bond acceptors (Lipinski definition) is 4. The summed E-state index contributed by atoms with van der Waals surface area (Å²) in [5.41, 5.74) is 0.576. The molecule has 0 aliphatic heterocycles. The summed E-state index contributed by atoms with van der Waals surface area (Å²) in [5, 5.41) is 16.1. The van der Waals surface area contributed by atoms with Gasteiger partial charge in [0.05, 0.1) is 18.3 Å². The van der Waals surface area contributed by atoms with E-state index in [-0.39, 0.29) is 24.5 Å². The van der Waals surface area contributed by atoms with Gasteiger partial charge in [-0.1, -0.05) is 20.8 Å². The van der Waals surface area contributed by atoms with Crippen molar-refractivity contribution in [3.8, 4) is 0 Å². The normalized spacial score (nSPS) is 20.6. The average Bonchev–Trinajstić information content (AvgIpc) is 2.87.